The van der Waals surface area contributed by atoms with Crippen LogP contribution in [0.15, 0.2) is 12.2 Å². The highest BCUT2D eigenvalue weighted by Crippen LogP contribution is 2.16. The van der Waals surface area contributed by atoms with Crippen LogP contribution in [0.1, 0.15) is 26.7 Å². The van der Waals surface area contributed by atoms with E-state index >= 15 is 0 Å². The van der Waals surface area contributed by atoms with Gasteiger partial charge in [0, 0.05) is 0 Å². The number of rotatable bonds is 5. The highest BCUT2D eigenvalue weighted by molar-refractivity contribution is 5.71. The van der Waals surface area contributed by atoms with Crippen LogP contribution in [0.4, 0.5) is 13.2 Å². The summed E-state index contributed by atoms with van der Waals surface area (Å²) in [4.78, 5) is 11.0. The number of hydrogen-bond acceptors (Lipinski definition) is 2. The maximum Gasteiger partial charge on any atom is 0.422 e. The fraction of sp³-hybridized carbons (Fsp3) is 0.700. The second kappa shape index (κ2) is 6.48. The first kappa shape index (κ1) is 14.0. The summed E-state index contributed by atoms with van der Waals surface area (Å²) in [7, 11) is 0. The van der Waals surface area contributed by atoms with Crippen molar-refractivity contribution in [2.45, 2.75) is 32.9 Å². The Bertz CT molecular complexity index is 221. The summed E-state index contributed by atoms with van der Waals surface area (Å²) in [6.45, 7) is 1.90. The molecule has 0 rings (SSSR count). The van der Waals surface area contributed by atoms with Gasteiger partial charge in [-0.15, -0.1) is 0 Å². The van der Waals surface area contributed by atoms with E-state index in [0.717, 1.165) is 0 Å². The molecule has 0 fully saturated rings. The SMILES string of the molecule is CC=CCCC(C)C(=O)OCC(F)(F)F. The second-order valence-electron chi connectivity index (χ2n) is 3.27. The molecule has 88 valence electrons. The van der Waals surface area contributed by atoms with Crippen molar-refractivity contribution in [3.8, 4) is 0 Å². The van der Waals surface area contributed by atoms with Gasteiger partial charge in [-0.25, -0.2) is 0 Å². The summed E-state index contributed by atoms with van der Waals surface area (Å²) in [5.74, 6) is -1.29. The van der Waals surface area contributed by atoms with Gasteiger partial charge in [0.2, 0.25) is 0 Å². The molecule has 2 nitrogen and oxygen atoms in total. The van der Waals surface area contributed by atoms with Gasteiger partial charge in [0.15, 0.2) is 6.61 Å². The molecule has 0 radical (unpaired) electrons. The third-order valence-electron chi connectivity index (χ3n) is 1.78. The Kier molecular flexibility index (Phi) is 6.05. The van der Waals surface area contributed by atoms with Gasteiger partial charge in [-0.1, -0.05) is 19.1 Å². The van der Waals surface area contributed by atoms with Crippen LogP contribution in [0.25, 0.3) is 0 Å². The molecule has 0 aromatic rings. The fourth-order valence-corrected chi connectivity index (χ4v) is 0.926. The quantitative estimate of drug-likeness (QED) is 0.530. The van der Waals surface area contributed by atoms with Gasteiger partial charge in [0.05, 0.1) is 5.92 Å². The van der Waals surface area contributed by atoms with Crippen molar-refractivity contribution < 1.29 is 22.7 Å². The number of alkyl halides is 3. The molecule has 0 aliphatic heterocycles. The molecule has 0 aromatic carbocycles. The van der Waals surface area contributed by atoms with Crippen molar-refractivity contribution in [2.24, 2.45) is 5.92 Å². The molecule has 0 saturated carbocycles. The normalized spacial score (nSPS) is 14.2. The molecular weight excluding hydrogens is 209 g/mol. The third-order valence-corrected chi connectivity index (χ3v) is 1.78. The zero-order valence-electron chi connectivity index (χ0n) is 8.80. The number of ether oxygens (including phenoxy) is 1. The zero-order chi connectivity index (χ0) is 11.9. The molecule has 0 aliphatic carbocycles. The van der Waals surface area contributed by atoms with E-state index in [4.69, 9.17) is 0 Å². The van der Waals surface area contributed by atoms with Crippen LogP contribution in [0.3, 0.4) is 0 Å². The van der Waals surface area contributed by atoms with E-state index in [2.05, 4.69) is 4.74 Å². The van der Waals surface area contributed by atoms with Crippen LogP contribution in [0.2, 0.25) is 0 Å². The van der Waals surface area contributed by atoms with E-state index in [-0.39, 0.29) is 0 Å². The van der Waals surface area contributed by atoms with Crippen molar-refractivity contribution in [3.63, 3.8) is 0 Å². The lowest BCUT2D eigenvalue weighted by Crippen LogP contribution is -2.23. The van der Waals surface area contributed by atoms with Crippen LogP contribution < -0.4 is 0 Å². The van der Waals surface area contributed by atoms with Gasteiger partial charge in [0.1, 0.15) is 0 Å². The smallest absolute Gasteiger partial charge is 0.422 e. The van der Waals surface area contributed by atoms with E-state index in [0.29, 0.717) is 12.8 Å². The number of esters is 1. The van der Waals surface area contributed by atoms with Crippen molar-refractivity contribution in [1.29, 1.82) is 0 Å². The van der Waals surface area contributed by atoms with Crippen LogP contribution in [0, 0.1) is 5.92 Å². The van der Waals surface area contributed by atoms with Gasteiger partial charge in [0.25, 0.3) is 0 Å². The number of halogens is 3. The van der Waals surface area contributed by atoms with Crippen LogP contribution in [-0.2, 0) is 9.53 Å². The van der Waals surface area contributed by atoms with Gasteiger partial charge in [-0.3, -0.25) is 4.79 Å². The maximum atomic E-state index is 11.7. The summed E-state index contributed by atoms with van der Waals surface area (Å²) in [6.07, 6.45) is 0.403. The molecule has 1 unspecified atom stereocenters. The lowest BCUT2D eigenvalue weighted by Gasteiger charge is -2.11. The van der Waals surface area contributed by atoms with Crippen molar-refractivity contribution in [2.75, 3.05) is 6.61 Å². The Morgan fingerprint density at radius 3 is 2.53 bits per heavy atom. The van der Waals surface area contributed by atoms with Crippen molar-refractivity contribution in [1.82, 2.24) is 0 Å². The van der Waals surface area contributed by atoms with Crippen molar-refractivity contribution in [3.05, 3.63) is 12.2 Å². The van der Waals surface area contributed by atoms with Crippen LogP contribution in [0.5, 0.6) is 0 Å². The predicted octanol–water partition coefficient (Wildman–Crippen LogP) is 3.08. The average molecular weight is 224 g/mol. The third kappa shape index (κ3) is 8.03. The molecule has 1 atom stereocenters. The van der Waals surface area contributed by atoms with Gasteiger partial charge < -0.3 is 4.74 Å². The Labute approximate surface area is 87.1 Å². The first-order valence-electron chi connectivity index (χ1n) is 4.71. The number of allylic oxidation sites excluding steroid dienone is 2. The van der Waals surface area contributed by atoms with Gasteiger partial charge in [-0.2, -0.15) is 13.2 Å². The maximum absolute atomic E-state index is 11.7. The molecule has 0 heterocycles. The number of carbonyl (C=O) groups is 1. The molecule has 0 aromatic heterocycles. The highest BCUT2D eigenvalue weighted by atomic mass is 19.4. The van der Waals surface area contributed by atoms with E-state index < -0.39 is 24.7 Å². The van der Waals surface area contributed by atoms with E-state index in [1.54, 1.807) is 6.92 Å². The molecule has 0 saturated heterocycles. The fourth-order valence-electron chi connectivity index (χ4n) is 0.926. The Morgan fingerprint density at radius 2 is 2.07 bits per heavy atom. The largest absolute Gasteiger partial charge is 0.456 e. The minimum atomic E-state index is -4.45. The molecule has 0 amide bonds. The van der Waals surface area contributed by atoms with E-state index in [1.807, 2.05) is 19.1 Å². The lowest BCUT2D eigenvalue weighted by molar-refractivity contribution is -0.188. The zero-order valence-corrected chi connectivity index (χ0v) is 8.80. The Balaban J connectivity index is 3.79. The Morgan fingerprint density at radius 1 is 1.47 bits per heavy atom. The van der Waals surface area contributed by atoms with Crippen LogP contribution in [-0.4, -0.2) is 18.8 Å². The first-order valence-corrected chi connectivity index (χ1v) is 4.71. The molecule has 15 heavy (non-hydrogen) atoms. The standard InChI is InChI=1S/C10H15F3O2/c1-3-4-5-6-8(2)9(14)15-7-10(11,12)13/h3-4,8H,5-7H2,1-2H3. The molecule has 0 spiro atoms. The minimum Gasteiger partial charge on any atom is -0.456 e. The second-order valence-corrected chi connectivity index (χ2v) is 3.27. The topological polar surface area (TPSA) is 26.3 Å². The highest BCUT2D eigenvalue weighted by Gasteiger charge is 2.30. The molecule has 0 N–H and O–H groups in total. The number of carbonyl (C=O) groups excluding carboxylic acids is 1. The molecule has 5 heteroatoms. The van der Waals surface area contributed by atoms with Crippen LogP contribution >= 0.6 is 0 Å². The minimum absolute atomic E-state index is 0.497. The first-order chi connectivity index (χ1) is 6.87. The summed E-state index contributed by atoms with van der Waals surface area (Å²) < 4.78 is 39.2. The van der Waals surface area contributed by atoms with Gasteiger partial charge in [-0.05, 0) is 19.8 Å². The van der Waals surface area contributed by atoms with E-state index in [1.165, 1.54) is 0 Å². The molecular formula is C10H15F3O2. The summed E-state index contributed by atoms with van der Waals surface area (Å²) in [6, 6.07) is 0. The predicted molar refractivity (Wildman–Crippen MR) is 50.2 cm³/mol. The lowest BCUT2D eigenvalue weighted by atomic mass is 10.1. The molecule has 0 bridgehead atoms. The summed E-state index contributed by atoms with van der Waals surface area (Å²) in [5.41, 5.74) is 0. The van der Waals surface area contributed by atoms with Crippen molar-refractivity contribution >= 4 is 5.97 Å². The average Bonchev–Trinajstić information content (AvgIpc) is 2.13. The molecule has 0 aliphatic rings. The number of hydrogen-bond donors (Lipinski definition) is 0. The van der Waals surface area contributed by atoms with Gasteiger partial charge >= 0.3 is 12.1 Å². The summed E-state index contributed by atoms with van der Waals surface area (Å²) in [5, 5.41) is 0. The Hall–Kier alpha value is -1.00. The monoisotopic (exact) mass is 224 g/mol. The summed E-state index contributed by atoms with van der Waals surface area (Å²) >= 11 is 0. The van der Waals surface area contributed by atoms with E-state index in [9.17, 15) is 18.0 Å².